The van der Waals surface area contributed by atoms with Crippen LogP contribution in [-0.4, -0.2) is 0 Å². The number of ether oxygens (including phenoxy) is 1. The maximum absolute atomic E-state index is 6.82. The molecule has 0 saturated carbocycles. The normalized spacial score (nSPS) is 21.5. The maximum atomic E-state index is 6.82. The minimum atomic E-state index is -0.591. The van der Waals surface area contributed by atoms with E-state index in [0.717, 1.165) is 10.6 Å². The highest BCUT2D eigenvalue weighted by atomic mass is 35.5. The Bertz CT molecular complexity index is 1220. The lowest BCUT2D eigenvalue weighted by Crippen LogP contribution is -2.38. The molecule has 0 spiro atoms. The highest BCUT2D eigenvalue weighted by molar-refractivity contribution is 6.33. The van der Waals surface area contributed by atoms with Crippen LogP contribution in [0.15, 0.2) is 97.1 Å². The zero-order valence-electron chi connectivity index (χ0n) is 15.8. The van der Waals surface area contributed by atoms with Crippen molar-refractivity contribution < 1.29 is 4.74 Å². The summed E-state index contributed by atoms with van der Waals surface area (Å²) in [7, 11) is 0. The Morgan fingerprint density at radius 3 is 2.24 bits per heavy atom. The molecule has 4 aromatic carbocycles. The summed E-state index contributed by atoms with van der Waals surface area (Å²) >= 11 is 6.82. The monoisotopic (exact) mass is 394 g/mol. The molecule has 2 aliphatic rings. The van der Waals surface area contributed by atoms with Crippen LogP contribution in [0.3, 0.4) is 0 Å². The fourth-order valence-electron chi connectivity index (χ4n) is 5.25. The molecule has 1 heterocycles. The van der Waals surface area contributed by atoms with E-state index < -0.39 is 5.60 Å². The molecule has 2 atom stereocenters. The third kappa shape index (κ3) is 2.26. The maximum Gasteiger partial charge on any atom is 0.130 e. The van der Waals surface area contributed by atoms with E-state index in [9.17, 15) is 0 Å². The van der Waals surface area contributed by atoms with Gasteiger partial charge in [0.25, 0.3) is 0 Å². The molecule has 4 aromatic rings. The molecule has 6 rings (SSSR count). The minimum Gasteiger partial charge on any atom is -0.360 e. The average Bonchev–Trinajstić information content (AvgIpc) is 3.17. The fourth-order valence-corrected chi connectivity index (χ4v) is 5.51. The molecular weight excluding hydrogens is 376 g/mol. The standard InChI is InChI=1S/C27H19ClO/c28-23-16-15-19-17-29-27(20-11-5-2-6-12-20)25(18-9-3-1-4-10-18)22-14-8-7-13-21(22)24(23)26(19)27/h1-16,25H,17H2/t25-,27-/m1/s1. The van der Waals surface area contributed by atoms with Gasteiger partial charge in [0.05, 0.1) is 6.61 Å². The van der Waals surface area contributed by atoms with Gasteiger partial charge in [0.1, 0.15) is 5.60 Å². The summed E-state index contributed by atoms with van der Waals surface area (Å²) in [5.41, 5.74) is 7.87. The van der Waals surface area contributed by atoms with Crippen molar-refractivity contribution in [2.45, 2.75) is 18.1 Å². The summed E-state index contributed by atoms with van der Waals surface area (Å²) < 4.78 is 6.80. The summed E-state index contributed by atoms with van der Waals surface area (Å²) in [5, 5.41) is 0.786. The Morgan fingerprint density at radius 1 is 0.759 bits per heavy atom. The Morgan fingerprint density at radius 2 is 1.45 bits per heavy atom. The smallest absolute Gasteiger partial charge is 0.130 e. The van der Waals surface area contributed by atoms with Gasteiger partial charge >= 0.3 is 0 Å². The van der Waals surface area contributed by atoms with Crippen molar-refractivity contribution in [1.29, 1.82) is 0 Å². The molecule has 0 unspecified atom stereocenters. The second-order valence-electron chi connectivity index (χ2n) is 7.78. The van der Waals surface area contributed by atoms with E-state index in [-0.39, 0.29) is 5.92 Å². The predicted molar refractivity (Wildman–Crippen MR) is 117 cm³/mol. The first-order valence-corrected chi connectivity index (χ1v) is 10.3. The highest BCUT2D eigenvalue weighted by Gasteiger charge is 2.54. The van der Waals surface area contributed by atoms with Crippen molar-refractivity contribution in [3.63, 3.8) is 0 Å². The number of hydrogen-bond acceptors (Lipinski definition) is 1. The van der Waals surface area contributed by atoms with E-state index in [1.165, 1.54) is 33.4 Å². The van der Waals surface area contributed by atoms with E-state index in [0.29, 0.717) is 6.61 Å². The molecule has 1 nitrogen and oxygen atoms in total. The lowest BCUT2D eigenvalue weighted by Gasteiger charge is -2.44. The molecule has 0 fully saturated rings. The van der Waals surface area contributed by atoms with Gasteiger partial charge in [-0.1, -0.05) is 103 Å². The average molecular weight is 395 g/mol. The molecule has 1 aliphatic heterocycles. The number of fused-ring (bicyclic) bond motifs is 2. The molecule has 140 valence electrons. The van der Waals surface area contributed by atoms with Gasteiger partial charge in [-0.15, -0.1) is 0 Å². The minimum absolute atomic E-state index is 0.0505. The SMILES string of the molecule is Clc1ccc2c3c1-c1ccccc1[C@@H](c1ccccc1)[C@@]3(c1ccccc1)OC2. The van der Waals surface area contributed by atoms with Gasteiger partial charge < -0.3 is 4.74 Å². The Hall–Kier alpha value is -2.87. The van der Waals surface area contributed by atoms with Crippen molar-refractivity contribution in [2.24, 2.45) is 0 Å². The Balaban J connectivity index is 1.79. The van der Waals surface area contributed by atoms with Gasteiger partial charge in [-0.2, -0.15) is 0 Å². The van der Waals surface area contributed by atoms with E-state index in [1.54, 1.807) is 0 Å². The van der Waals surface area contributed by atoms with Crippen LogP contribution >= 0.6 is 11.6 Å². The van der Waals surface area contributed by atoms with Crippen molar-refractivity contribution in [2.75, 3.05) is 0 Å². The Labute approximate surface area is 175 Å². The zero-order chi connectivity index (χ0) is 19.4. The Kier molecular flexibility index (Phi) is 3.71. The molecule has 0 radical (unpaired) electrons. The molecule has 29 heavy (non-hydrogen) atoms. The quantitative estimate of drug-likeness (QED) is 0.358. The van der Waals surface area contributed by atoms with Crippen LogP contribution in [0.25, 0.3) is 11.1 Å². The van der Waals surface area contributed by atoms with Crippen LogP contribution < -0.4 is 0 Å². The van der Waals surface area contributed by atoms with E-state index >= 15 is 0 Å². The van der Waals surface area contributed by atoms with Gasteiger partial charge in [0.15, 0.2) is 0 Å². The summed E-state index contributed by atoms with van der Waals surface area (Å²) in [6.45, 7) is 0.589. The van der Waals surface area contributed by atoms with Crippen molar-refractivity contribution in [3.8, 4) is 11.1 Å². The zero-order valence-corrected chi connectivity index (χ0v) is 16.6. The van der Waals surface area contributed by atoms with Gasteiger partial charge in [0, 0.05) is 22.1 Å². The molecule has 1 aliphatic carbocycles. The van der Waals surface area contributed by atoms with Gasteiger partial charge in [-0.25, -0.2) is 0 Å². The van der Waals surface area contributed by atoms with Crippen molar-refractivity contribution in [1.82, 2.24) is 0 Å². The van der Waals surface area contributed by atoms with Crippen molar-refractivity contribution in [3.05, 3.63) is 130 Å². The first-order chi connectivity index (χ1) is 14.3. The third-order valence-corrected chi connectivity index (χ3v) is 6.67. The van der Waals surface area contributed by atoms with E-state index in [2.05, 4.69) is 91.0 Å². The molecule has 0 bridgehead atoms. The molecule has 0 amide bonds. The highest BCUT2D eigenvalue weighted by Crippen LogP contribution is 2.61. The second kappa shape index (κ2) is 6.32. The third-order valence-electron chi connectivity index (χ3n) is 6.35. The summed E-state index contributed by atoms with van der Waals surface area (Å²) in [4.78, 5) is 0. The predicted octanol–water partition coefficient (Wildman–Crippen LogP) is 6.93. The van der Waals surface area contributed by atoms with E-state index in [1.807, 2.05) is 6.07 Å². The summed E-state index contributed by atoms with van der Waals surface area (Å²) in [6, 6.07) is 34.1. The van der Waals surface area contributed by atoms with Crippen LogP contribution in [0.1, 0.15) is 33.7 Å². The first-order valence-electron chi connectivity index (χ1n) is 9.96. The van der Waals surface area contributed by atoms with Gasteiger partial charge in [0.2, 0.25) is 0 Å². The number of rotatable bonds is 2. The lowest BCUT2D eigenvalue weighted by atomic mass is 9.63. The lowest BCUT2D eigenvalue weighted by molar-refractivity contribution is -0.0184. The molecule has 0 saturated heterocycles. The van der Waals surface area contributed by atoms with Crippen molar-refractivity contribution >= 4 is 11.6 Å². The van der Waals surface area contributed by atoms with E-state index in [4.69, 9.17) is 16.3 Å². The summed E-state index contributed by atoms with van der Waals surface area (Å²) in [6.07, 6.45) is 0. The number of benzene rings is 4. The molecular formula is C27H19ClO. The number of halogens is 1. The van der Waals surface area contributed by atoms with Crippen LogP contribution in [0.4, 0.5) is 0 Å². The largest absolute Gasteiger partial charge is 0.360 e. The van der Waals surface area contributed by atoms with Gasteiger partial charge in [-0.3, -0.25) is 0 Å². The molecule has 2 heteroatoms. The van der Waals surface area contributed by atoms with Crippen LogP contribution in [-0.2, 0) is 16.9 Å². The topological polar surface area (TPSA) is 9.23 Å². The van der Waals surface area contributed by atoms with Crippen LogP contribution in [0, 0.1) is 0 Å². The van der Waals surface area contributed by atoms with Gasteiger partial charge in [-0.05, 0) is 33.9 Å². The fraction of sp³-hybridized carbons (Fsp3) is 0.111. The summed E-state index contributed by atoms with van der Waals surface area (Å²) in [5.74, 6) is 0.0505. The first kappa shape index (κ1) is 17.0. The van der Waals surface area contributed by atoms with Crippen LogP contribution in [0.2, 0.25) is 5.02 Å². The molecule has 0 aromatic heterocycles. The number of hydrogen-bond donors (Lipinski definition) is 0. The second-order valence-corrected chi connectivity index (χ2v) is 8.19. The van der Waals surface area contributed by atoms with Crippen LogP contribution in [0.5, 0.6) is 0 Å². The molecule has 0 N–H and O–H groups in total.